The summed E-state index contributed by atoms with van der Waals surface area (Å²) in [6.45, 7) is 2.79. The molecule has 0 unspecified atom stereocenters. The summed E-state index contributed by atoms with van der Waals surface area (Å²) in [5, 5.41) is 20.8. The van der Waals surface area contributed by atoms with Gasteiger partial charge in [-0.2, -0.15) is 0 Å². The Morgan fingerprint density at radius 2 is 1.88 bits per heavy atom. The molecule has 0 aromatic heterocycles. The van der Waals surface area contributed by atoms with E-state index < -0.39 is 6.10 Å². The molecule has 0 radical (unpaired) electrons. The summed E-state index contributed by atoms with van der Waals surface area (Å²) in [4.78, 5) is 0. The van der Waals surface area contributed by atoms with Crippen LogP contribution in [0.1, 0.15) is 37.0 Å². The summed E-state index contributed by atoms with van der Waals surface area (Å²) in [5.74, 6) is 0.201. The second-order valence-electron chi connectivity index (χ2n) is 6.67. The van der Waals surface area contributed by atoms with Crippen molar-refractivity contribution in [3.05, 3.63) is 65.7 Å². The van der Waals surface area contributed by atoms with Crippen LogP contribution in [0.2, 0.25) is 5.32 Å². The number of hydrogen-bond donors (Lipinski definition) is 2. The van der Waals surface area contributed by atoms with Gasteiger partial charge in [0.1, 0.15) is 0 Å². The summed E-state index contributed by atoms with van der Waals surface area (Å²) < 4.78 is 7.52. The molecular weight excluding hydrogens is 379 g/mol. The maximum atomic E-state index is 10.3. The van der Waals surface area contributed by atoms with Crippen molar-refractivity contribution in [2.75, 3.05) is 13.2 Å². The van der Waals surface area contributed by atoms with E-state index in [4.69, 9.17) is 4.74 Å². The van der Waals surface area contributed by atoms with Crippen molar-refractivity contribution in [1.82, 2.24) is 0 Å². The third-order valence-corrected chi connectivity index (χ3v) is 7.61. The van der Waals surface area contributed by atoms with Crippen LogP contribution in [0.3, 0.4) is 0 Å². The second-order valence-corrected chi connectivity index (χ2v) is 8.81. The molecule has 1 saturated heterocycles. The molecule has 0 aliphatic carbocycles. The molecule has 0 saturated carbocycles. The van der Waals surface area contributed by atoms with Gasteiger partial charge in [0.15, 0.2) is 0 Å². The molecule has 0 spiro atoms. The zero-order chi connectivity index (χ0) is 17.7. The van der Waals surface area contributed by atoms with Gasteiger partial charge >= 0.3 is 156 Å². The van der Waals surface area contributed by atoms with Crippen LogP contribution in [-0.4, -0.2) is 38.4 Å². The molecule has 1 fully saturated rings. The van der Waals surface area contributed by atoms with E-state index >= 15 is 0 Å². The third kappa shape index (κ3) is 4.16. The van der Waals surface area contributed by atoms with Gasteiger partial charge in [0, 0.05) is 0 Å². The van der Waals surface area contributed by atoms with Gasteiger partial charge in [-0.15, -0.1) is 0 Å². The van der Waals surface area contributed by atoms with Gasteiger partial charge in [-0.3, -0.25) is 0 Å². The van der Waals surface area contributed by atoms with Crippen molar-refractivity contribution in [3.63, 3.8) is 0 Å². The third-order valence-electron chi connectivity index (χ3n) is 4.90. The van der Waals surface area contributed by atoms with Crippen molar-refractivity contribution in [1.29, 1.82) is 0 Å². The normalized spacial score (nSPS) is 24.4. The van der Waals surface area contributed by atoms with E-state index in [1.807, 2.05) is 31.2 Å². The first kappa shape index (κ1) is 18.6. The van der Waals surface area contributed by atoms with E-state index in [2.05, 4.69) is 30.3 Å². The second kappa shape index (κ2) is 8.48. The van der Waals surface area contributed by atoms with Crippen LogP contribution in [0.5, 0.6) is 0 Å². The number of ether oxygens (including phenoxy) is 1. The van der Waals surface area contributed by atoms with Crippen LogP contribution in [-0.2, 0) is 10.3 Å². The molecule has 3 atom stereocenters. The molecule has 1 aliphatic rings. The molecule has 1 aliphatic heterocycles. The molecule has 1 heterocycles. The molecular formula is C21H26O3Se. The molecule has 4 heteroatoms. The first-order valence-electron chi connectivity index (χ1n) is 8.88. The summed E-state index contributed by atoms with van der Waals surface area (Å²) in [6.07, 6.45) is 1.17. The summed E-state index contributed by atoms with van der Waals surface area (Å²) in [7, 11) is 0. The summed E-state index contributed by atoms with van der Waals surface area (Å²) in [6, 6.07) is 18.6. The Morgan fingerprint density at radius 3 is 2.56 bits per heavy atom. The van der Waals surface area contributed by atoms with Crippen molar-refractivity contribution in [2.45, 2.75) is 36.8 Å². The first-order chi connectivity index (χ1) is 12.2. The molecule has 2 aromatic carbocycles. The fourth-order valence-corrected chi connectivity index (χ4v) is 6.14. The van der Waals surface area contributed by atoms with Crippen LogP contribution in [0.4, 0.5) is 0 Å². The Balaban J connectivity index is 1.84. The number of rotatable bonds is 7. The van der Waals surface area contributed by atoms with Crippen molar-refractivity contribution in [3.8, 4) is 0 Å². The van der Waals surface area contributed by atoms with Gasteiger partial charge in [0.2, 0.25) is 0 Å². The predicted octanol–water partition coefficient (Wildman–Crippen LogP) is 2.80. The number of aliphatic hydroxyl groups is 2. The molecule has 0 bridgehead atoms. The predicted molar refractivity (Wildman–Crippen MR) is 101 cm³/mol. The van der Waals surface area contributed by atoms with Crippen molar-refractivity contribution in [2.24, 2.45) is 5.92 Å². The van der Waals surface area contributed by atoms with Crippen LogP contribution in [0.25, 0.3) is 0 Å². The van der Waals surface area contributed by atoms with Gasteiger partial charge in [-0.05, 0) is 0 Å². The Morgan fingerprint density at radius 1 is 1.16 bits per heavy atom. The summed E-state index contributed by atoms with van der Waals surface area (Å²) >= 11 is 0.187. The van der Waals surface area contributed by atoms with E-state index in [-0.39, 0.29) is 33.1 Å². The van der Waals surface area contributed by atoms with Gasteiger partial charge in [0.25, 0.3) is 0 Å². The van der Waals surface area contributed by atoms with Gasteiger partial charge in [-0.25, -0.2) is 0 Å². The monoisotopic (exact) mass is 406 g/mol. The van der Waals surface area contributed by atoms with E-state index in [1.54, 1.807) is 0 Å². The zero-order valence-corrected chi connectivity index (χ0v) is 16.3. The molecule has 25 heavy (non-hydrogen) atoms. The Bertz CT molecular complexity index is 676. The van der Waals surface area contributed by atoms with E-state index in [1.165, 1.54) is 10.0 Å². The zero-order valence-electron chi connectivity index (χ0n) is 14.6. The fourth-order valence-electron chi connectivity index (χ4n) is 3.41. The Labute approximate surface area is 156 Å². The summed E-state index contributed by atoms with van der Waals surface area (Å²) in [5.41, 5.74) is 1.92. The van der Waals surface area contributed by atoms with Gasteiger partial charge in [-0.1, -0.05) is 0 Å². The average molecular weight is 405 g/mol. The molecule has 2 N–H and O–H groups in total. The molecule has 0 amide bonds. The Hall–Kier alpha value is -1.16. The van der Waals surface area contributed by atoms with Crippen molar-refractivity contribution < 1.29 is 14.9 Å². The van der Waals surface area contributed by atoms with Crippen LogP contribution in [0.15, 0.2) is 54.6 Å². The maximum absolute atomic E-state index is 10.3. The van der Waals surface area contributed by atoms with Crippen LogP contribution >= 0.6 is 0 Å². The number of benzene rings is 2. The standard InChI is InChI=1S/C21H26O3Se/c1-2-19(23)18-10-6-7-11-20(18)25-15-21(12-16(13-22)14-24-21)17-8-4-3-5-9-17/h3-11,16,19,22-23H,2,12-15H2,1H3/t16-,19+,21+/m1/s1. The van der Waals surface area contributed by atoms with Gasteiger partial charge in [0.05, 0.1) is 0 Å². The minimum absolute atomic E-state index is 0.173. The Kier molecular flexibility index (Phi) is 6.32. The van der Waals surface area contributed by atoms with Gasteiger partial charge < -0.3 is 0 Å². The van der Waals surface area contributed by atoms with Crippen LogP contribution in [0, 0.1) is 5.92 Å². The first-order valence-corrected chi connectivity index (χ1v) is 11.0. The SMILES string of the molecule is CC[C@H](O)c1ccccc1[Se]C[C@]1(c2ccccc2)C[C@H](CO)CO1. The fraction of sp³-hybridized carbons (Fsp3) is 0.429. The average Bonchev–Trinajstić information content (AvgIpc) is 3.11. The molecule has 3 rings (SSSR count). The van der Waals surface area contributed by atoms with Crippen molar-refractivity contribution >= 4 is 19.4 Å². The van der Waals surface area contributed by atoms with E-state index in [9.17, 15) is 10.2 Å². The van der Waals surface area contributed by atoms with E-state index in [0.29, 0.717) is 6.61 Å². The quantitative estimate of drug-likeness (QED) is 0.697. The van der Waals surface area contributed by atoms with Crippen LogP contribution < -0.4 is 4.46 Å². The number of aliphatic hydroxyl groups excluding tert-OH is 2. The minimum atomic E-state index is -0.402. The van der Waals surface area contributed by atoms with E-state index in [0.717, 1.165) is 23.7 Å². The molecule has 134 valence electrons. The number of hydrogen-bond acceptors (Lipinski definition) is 3. The molecule has 2 aromatic rings. The topological polar surface area (TPSA) is 49.7 Å². The molecule has 3 nitrogen and oxygen atoms in total.